The van der Waals surface area contributed by atoms with Gasteiger partial charge < -0.3 is 9.84 Å². The van der Waals surface area contributed by atoms with Crippen LogP contribution in [0.3, 0.4) is 0 Å². The van der Waals surface area contributed by atoms with Crippen LogP contribution >= 0.6 is 11.3 Å². The van der Waals surface area contributed by atoms with E-state index in [0.29, 0.717) is 11.4 Å². The molecule has 7 nitrogen and oxygen atoms in total. The molecule has 0 spiro atoms. The van der Waals surface area contributed by atoms with Crippen molar-refractivity contribution in [1.82, 2.24) is 14.8 Å². The van der Waals surface area contributed by atoms with Crippen molar-refractivity contribution < 1.29 is 19.4 Å². The lowest BCUT2D eigenvalue weighted by Gasteiger charge is -1.96. The largest absolute Gasteiger partial charge is 0.476 e. The Morgan fingerprint density at radius 3 is 2.94 bits per heavy atom. The molecule has 94 valence electrons. The minimum Gasteiger partial charge on any atom is -0.476 e. The SMILES string of the molecule is CCOC(=O)c1cnn(-c2csc(C(=O)O)n2)c1. The Morgan fingerprint density at radius 1 is 1.56 bits per heavy atom. The number of aromatic nitrogens is 3. The van der Waals surface area contributed by atoms with E-state index in [4.69, 9.17) is 9.84 Å². The number of ether oxygens (including phenoxy) is 1. The molecule has 0 saturated heterocycles. The van der Waals surface area contributed by atoms with Crippen LogP contribution < -0.4 is 0 Å². The summed E-state index contributed by atoms with van der Waals surface area (Å²) in [5.41, 5.74) is 0.293. The van der Waals surface area contributed by atoms with Gasteiger partial charge in [-0.25, -0.2) is 19.3 Å². The third kappa shape index (κ3) is 2.38. The molecular formula is C10H9N3O4S. The van der Waals surface area contributed by atoms with Crippen molar-refractivity contribution in [2.45, 2.75) is 6.92 Å². The van der Waals surface area contributed by atoms with Crippen LogP contribution in [0.15, 0.2) is 17.8 Å². The minimum absolute atomic E-state index is 0.0295. The van der Waals surface area contributed by atoms with Gasteiger partial charge in [-0.2, -0.15) is 5.10 Å². The molecule has 0 bridgehead atoms. The molecule has 2 heterocycles. The Balaban J connectivity index is 2.23. The van der Waals surface area contributed by atoms with E-state index in [0.717, 1.165) is 11.3 Å². The summed E-state index contributed by atoms with van der Waals surface area (Å²) in [4.78, 5) is 26.0. The number of rotatable bonds is 4. The number of carboxylic acid groups (broad SMARTS) is 1. The molecule has 2 aromatic rings. The maximum Gasteiger partial charge on any atom is 0.365 e. The van der Waals surface area contributed by atoms with E-state index in [-0.39, 0.29) is 11.6 Å². The summed E-state index contributed by atoms with van der Waals surface area (Å²) in [5, 5.41) is 14.2. The molecular weight excluding hydrogens is 258 g/mol. The lowest BCUT2D eigenvalue weighted by molar-refractivity contribution is 0.0525. The molecule has 8 heteroatoms. The molecule has 0 aliphatic heterocycles. The van der Waals surface area contributed by atoms with Gasteiger partial charge in [0.25, 0.3) is 0 Å². The van der Waals surface area contributed by atoms with E-state index < -0.39 is 11.9 Å². The fourth-order valence-electron chi connectivity index (χ4n) is 1.24. The lowest BCUT2D eigenvalue weighted by atomic mass is 10.4. The molecule has 0 aliphatic carbocycles. The lowest BCUT2D eigenvalue weighted by Crippen LogP contribution is -2.03. The zero-order valence-corrected chi connectivity index (χ0v) is 10.2. The average Bonchev–Trinajstić information content (AvgIpc) is 2.98. The van der Waals surface area contributed by atoms with E-state index in [1.807, 2.05) is 0 Å². The fraction of sp³-hybridized carbons (Fsp3) is 0.200. The molecule has 0 fully saturated rings. The molecule has 0 saturated carbocycles. The molecule has 0 aromatic carbocycles. The number of carbonyl (C=O) groups is 2. The molecule has 1 N–H and O–H groups in total. The van der Waals surface area contributed by atoms with Gasteiger partial charge in [-0.1, -0.05) is 0 Å². The van der Waals surface area contributed by atoms with E-state index in [9.17, 15) is 9.59 Å². The summed E-state index contributed by atoms with van der Waals surface area (Å²) < 4.78 is 6.14. The van der Waals surface area contributed by atoms with Crippen LogP contribution in [-0.2, 0) is 4.74 Å². The molecule has 18 heavy (non-hydrogen) atoms. The molecule has 0 atom stereocenters. The van der Waals surface area contributed by atoms with Gasteiger partial charge >= 0.3 is 11.9 Å². The third-order valence-corrected chi connectivity index (χ3v) is 2.82. The maximum atomic E-state index is 11.4. The predicted octanol–water partition coefficient (Wildman–Crippen LogP) is 1.20. The Morgan fingerprint density at radius 2 is 2.33 bits per heavy atom. The Kier molecular flexibility index (Phi) is 3.38. The van der Waals surface area contributed by atoms with Crippen molar-refractivity contribution in [1.29, 1.82) is 0 Å². The van der Waals surface area contributed by atoms with Crippen LogP contribution in [0.5, 0.6) is 0 Å². The second-order valence-electron chi connectivity index (χ2n) is 3.21. The first-order valence-electron chi connectivity index (χ1n) is 5.02. The number of carboxylic acids is 1. The topological polar surface area (TPSA) is 94.3 Å². The van der Waals surface area contributed by atoms with E-state index in [1.54, 1.807) is 12.3 Å². The van der Waals surface area contributed by atoms with Gasteiger partial charge in [0.1, 0.15) is 0 Å². The quantitative estimate of drug-likeness (QED) is 0.836. The number of thiazole rings is 1. The zero-order chi connectivity index (χ0) is 13.1. The molecule has 0 aliphatic rings. The Hall–Kier alpha value is -2.22. The van der Waals surface area contributed by atoms with E-state index >= 15 is 0 Å². The average molecular weight is 267 g/mol. The van der Waals surface area contributed by atoms with Crippen molar-refractivity contribution in [2.75, 3.05) is 6.61 Å². The maximum absolute atomic E-state index is 11.4. The summed E-state index contributed by atoms with van der Waals surface area (Å²) in [6.45, 7) is 1.99. The van der Waals surface area contributed by atoms with Gasteiger partial charge in [0.15, 0.2) is 5.82 Å². The van der Waals surface area contributed by atoms with Crippen molar-refractivity contribution in [3.63, 3.8) is 0 Å². The Bertz CT molecular complexity index is 589. The van der Waals surface area contributed by atoms with Gasteiger partial charge in [0.05, 0.1) is 18.4 Å². The van der Waals surface area contributed by atoms with Crippen LogP contribution in [-0.4, -0.2) is 38.4 Å². The predicted molar refractivity (Wildman–Crippen MR) is 62.2 cm³/mol. The number of nitrogens with zero attached hydrogens (tertiary/aromatic N) is 3. The standard InChI is InChI=1S/C10H9N3O4S/c1-2-17-10(16)6-3-11-13(4-6)7-5-18-8(12-7)9(14)15/h3-5H,2H2,1H3,(H,14,15). The van der Waals surface area contributed by atoms with Gasteiger partial charge in [-0.3, -0.25) is 0 Å². The molecule has 0 unspecified atom stereocenters. The molecule has 0 amide bonds. The van der Waals surface area contributed by atoms with Gasteiger partial charge in [-0.05, 0) is 6.92 Å². The van der Waals surface area contributed by atoms with Gasteiger partial charge in [0.2, 0.25) is 5.01 Å². The summed E-state index contributed by atoms with van der Waals surface area (Å²) >= 11 is 0.993. The number of carbonyl (C=O) groups excluding carboxylic acids is 1. The normalized spacial score (nSPS) is 10.3. The van der Waals surface area contributed by atoms with Crippen LogP contribution in [0.1, 0.15) is 27.1 Å². The number of aromatic carboxylic acids is 1. The van der Waals surface area contributed by atoms with Crippen molar-refractivity contribution in [2.24, 2.45) is 0 Å². The smallest absolute Gasteiger partial charge is 0.365 e. The summed E-state index contributed by atoms with van der Waals surface area (Å²) in [6.07, 6.45) is 2.79. The molecule has 2 aromatic heterocycles. The third-order valence-electron chi connectivity index (χ3n) is 2.00. The minimum atomic E-state index is -1.09. The fourth-order valence-corrected chi connectivity index (χ4v) is 1.86. The van der Waals surface area contributed by atoms with E-state index in [2.05, 4.69) is 10.1 Å². The monoisotopic (exact) mass is 267 g/mol. The first kappa shape index (κ1) is 12.2. The zero-order valence-electron chi connectivity index (χ0n) is 9.36. The van der Waals surface area contributed by atoms with Gasteiger partial charge in [-0.15, -0.1) is 11.3 Å². The summed E-state index contributed by atoms with van der Waals surface area (Å²) in [6, 6.07) is 0. The van der Waals surface area contributed by atoms with Crippen LogP contribution in [0.25, 0.3) is 5.82 Å². The van der Waals surface area contributed by atoms with Crippen molar-refractivity contribution >= 4 is 23.3 Å². The van der Waals surface area contributed by atoms with Crippen LogP contribution in [0, 0.1) is 0 Å². The molecule has 2 rings (SSSR count). The first-order valence-corrected chi connectivity index (χ1v) is 5.90. The number of esters is 1. The van der Waals surface area contributed by atoms with Crippen LogP contribution in [0.2, 0.25) is 0 Å². The summed E-state index contributed by atoms with van der Waals surface area (Å²) in [7, 11) is 0. The second-order valence-corrected chi connectivity index (χ2v) is 4.07. The summed E-state index contributed by atoms with van der Waals surface area (Å²) in [5.74, 6) is -1.21. The molecule has 0 radical (unpaired) electrons. The highest BCUT2D eigenvalue weighted by Gasteiger charge is 2.13. The highest BCUT2D eigenvalue weighted by atomic mass is 32.1. The van der Waals surface area contributed by atoms with Crippen molar-refractivity contribution in [3.05, 3.63) is 28.3 Å². The van der Waals surface area contributed by atoms with Gasteiger partial charge in [0, 0.05) is 11.6 Å². The van der Waals surface area contributed by atoms with Crippen molar-refractivity contribution in [3.8, 4) is 5.82 Å². The van der Waals surface area contributed by atoms with E-state index in [1.165, 1.54) is 17.1 Å². The highest BCUT2D eigenvalue weighted by molar-refractivity contribution is 7.11. The Labute approximate surface area is 106 Å². The first-order chi connectivity index (χ1) is 8.61. The number of hydrogen-bond donors (Lipinski definition) is 1. The van der Waals surface area contributed by atoms with Crippen LogP contribution in [0.4, 0.5) is 0 Å². The second kappa shape index (κ2) is 4.96. The number of hydrogen-bond acceptors (Lipinski definition) is 6. The highest BCUT2D eigenvalue weighted by Crippen LogP contribution is 2.14.